The van der Waals surface area contributed by atoms with E-state index in [0.29, 0.717) is 5.88 Å². The van der Waals surface area contributed by atoms with Crippen LogP contribution in [0.4, 0.5) is 5.69 Å². The number of aryl methyl sites for hydroxylation is 1. The number of hydrogen-bond donors (Lipinski definition) is 1. The molecule has 0 aliphatic rings. The average molecular weight is 183 g/mol. The van der Waals surface area contributed by atoms with Gasteiger partial charge in [-0.15, -0.1) is 11.6 Å². The zero-order valence-corrected chi connectivity index (χ0v) is 7.67. The number of nitrogens with one attached hydrogen (secondary N) is 1. The molecule has 12 heavy (non-hydrogen) atoms. The van der Waals surface area contributed by atoms with Gasteiger partial charge in [-0.1, -0.05) is 17.7 Å². The summed E-state index contributed by atoms with van der Waals surface area (Å²) in [5.41, 5.74) is 5.07. The van der Waals surface area contributed by atoms with Gasteiger partial charge in [0.05, 0.1) is 11.6 Å². The fourth-order valence-corrected chi connectivity index (χ4v) is 0.852. The van der Waals surface area contributed by atoms with Crippen molar-refractivity contribution in [3.05, 3.63) is 29.8 Å². The maximum atomic E-state index is 5.40. The van der Waals surface area contributed by atoms with E-state index in [1.54, 1.807) is 6.21 Å². The van der Waals surface area contributed by atoms with Crippen LogP contribution in [0.2, 0.25) is 0 Å². The fourth-order valence-electron chi connectivity index (χ4n) is 0.783. The minimum Gasteiger partial charge on any atom is -0.279 e. The maximum Gasteiger partial charge on any atom is 0.0595 e. The van der Waals surface area contributed by atoms with Crippen molar-refractivity contribution in [3.63, 3.8) is 0 Å². The number of benzene rings is 1. The highest BCUT2D eigenvalue weighted by molar-refractivity contribution is 6.24. The number of anilines is 1. The normalized spacial score (nSPS) is 10.5. The van der Waals surface area contributed by atoms with Gasteiger partial charge in [-0.2, -0.15) is 5.10 Å². The first-order valence-electron chi connectivity index (χ1n) is 3.73. The number of hydrogen-bond acceptors (Lipinski definition) is 2. The maximum absolute atomic E-state index is 5.40. The molecule has 0 heterocycles. The summed E-state index contributed by atoms with van der Waals surface area (Å²) in [6.07, 6.45) is 1.61. The van der Waals surface area contributed by atoms with Gasteiger partial charge in [-0.25, -0.2) is 0 Å². The van der Waals surface area contributed by atoms with Crippen molar-refractivity contribution in [2.24, 2.45) is 5.10 Å². The van der Waals surface area contributed by atoms with Gasteiger partial charge < -0.3 is 0 Å². The first kappa shape index (κ1) is 9.07. The zero-order chi connectivity index (χ0) is 8.81. The predicted octanol–water partition coefficient (Wildman–Crippen LogP) is 2.63. The quantitative estimate of drug-likeness (QED) is 0.434. The average Bonchev–Trinajstić information content (AvgIpc) is 2.09. The molecule has 0 fully saturated rings. The van der Waals surface area contributed by atoms with Gasteiger partial charge in [0.25, 0.3) is 0 Å². The van der Waals surface area contributed by atoms with Crippen molar-refractivity contribution in [2.45, 2.75) is 6.92 Å². The van der Waals surface area contributed by atoms with Crippen LogP contribution in [0.25, 0.3) is 0 Å². The van der Waals surface area contributed by atoms with Gasteiger partial charge in [-0.3, -0.25) is 5.43 Å². The van der Waals surface area contributed by atoms with E-state index in [4.69, 9.17) is 11.6 Å². The Bertz CT molecular complexity index is 254. The third-order valence-electron chi connectivity index (χ3n) is 1.41. The van der Waals surface area contributed by atoms with Gasteiger partial charge in [0, 0.05) is 6.21 Å². The van der Waals surface area contributed by atoms with Crippen molar-refractivity contribution in [1.29, 1.82) is 0 Å². The fraction of sp³-hybridized carbons (Fsp3) is 0.222. The second kappa shape index (κ2) is 4.78. The van der Waals surface area contributed by atoms with Crippen LogP contribution in [0.3, 0.4) is 0 Å². The number of hydrazone groups is 1. The highest BCUT2D eigenvalue weighted by Gasteiger charge is 1.86. The Morgan fingerprint density at radius 1 is 1.42 bits per heavy atom. The van der Waals surface area contributed by atoms with Gasteiger partial charge >= 0.3 is 0 Å². The van der Waals surface area contributed by atoms with E-state index in [-0.39, 0.29) is 0 Å². The van der Waals surface area contributed by atoms with E-state index >= 15 is 0 Å². The topological polar surface area (TPSA) is 24.4 Å². The summed E-state index contributed by atoms with van der Waals surface area (Å²) in [5, 5.41) is 3.88. The van der Waals surface area contributed by atoms with Crippen LogP contribution in [0.5, 0.6) is 0 Å². The van der Waals surface area contributed by atoms with E-state index in [1.807, 2.05) is 31.2 Å². The molecule has 0 aromatic heterocycles. The van der Waals surface area contributed by atoms with Crippen LogP contribution in [0.1, 0.15) is 5.56 Å². The molecule has 0 saturated heterocycles. The molecule has 0 amide bonds. The van der Waals surface area contributed by atoms with E-state index in [0.717, 1.165) is 5.69 Å². The van der Waals surface area contributed by atoms with Gasteiger partial charge in [-0.05, 0) is 19.1 Å². The summed E-state index contributed by atoms with van der Waals surface area (Å²) < 4.78 is 0. The summed E-state index contributed by atoms with van der Waals surface area (Å²) in [4.78, 5) is 0. The van der Waals surface area contributed by atoms with Gasteiger partial charge in [0.1, 0.15) is 0 Å². The van der Waals surface area contributed by atoms with E-state index in [1.165, 1.54) is 5.56 Å². The lowest BCUT2D eigenvalue weighted by atomic mass is 10.2. The van der Waals surface area contributed by atoms with Crippen LogP contribution < -0.4 is 5.43 Å². The number of halogens is 1. The highest BCUT2D eigenvalue weighted by atomic mass is 35.5. The van der Waals surface area contributed by atoms with Crippen molar-refractivity contribution in [2.75, 3.05) is 11.3 Å². The molecular formula is C9H11ClN2. The number of alkyl halides is 1. The molecule has 0 aliphatic carbocycles. The molecule has 2 nitrogen and oxygen atoms in total. The van der Waals surface area contributed by atoms with Crippen LogP contribution >= 0.6 is 11.6 Å². The van der Waals surface area contributed by atoms with Crippen molar-refractivity contribution in [1.82, 2.24) is 0 Å². The molecule has 0 bridgehead atoms. The molecule has 1 aromatic rings. The molecule has 0 spiro atoms. The lowest BCUT2D eigenvalue weighted by Gasteiger charge is -1.98. The van der Waals surface area contributed by atoms with Crippen LogP contribution in [0.15, 0.2) is 29.4 Å². The van der Waals surface area contributed by atoms with Crippen LogP contribution in [-0.2, 0) is 0 Å². The minimum atomic E-state index is 0.429. The molecule has 0 radical (unpaired) electrons. The molecule has 0 saturated carbocycles. The zero-order valence-electron chi connectivity index (χ0n) is 6.92. The Hall–Kier alpha value is -1.02. The molecule has 3 heteroatoms. The minimum absolute atomic E-state index is 0.429. The lowest BCUT2D eigenvalue weighted by Crippen LogP contribution is -1.89. The Morgan fingerprint density at radius 3 is 2.67 bits per heavy atom. The lowest BCUT2D eigenvalue weighted by molar-refractivity contribution is 1.33. The summed E-state index contributed by atoms with van der Waals surface area (Å²) in [5.74, 6) is 0.429. The first-order chi connectivity index (χ1) is 5.83. The van der Waals surface area contributed by atoms with Crippen LogP contribution in [0, 0.1) is 6.92 Å². The Morgan fingerprint density at radius 2 is 2.08 bits per heavy atom. The third-order valence-corrected chi connectivity index (χ3v) is 1.54. The van der Waals surface area contributed by atoms with Gasteiger partial charge in [0.15, 0.2) is 0 Å². The third kappa shape index (κ3) is 2.93. The molecule has 1 N–H and O–H groups in total. The van der Waals surface area contributed by atoms with Crippen molar-refractivity contribution < 1.29 is 0 Å². The van der Waals surface area contributed by atoms with Crippen LogP contribution in [-0.4, -0.2) is 12.1 Å². The second-order valence-corrected chi connectivity index (χ2v) is 2.75. The monoisotopic (exact) mass is 182 g/mol. The number of nitrogens with zero attached hydrogens (tertiary/aromatic N) is 1. The molecule has 0 atom stereocenters. The standard InChI is InChI=1S/C9H11ClN2/c1-8-2-4-9(5-3-8)12-11-7-6-10/h2-5,7,12H,6H2,1H3. The first-order valence-corrected chi connectivity index (χ1v) is 4.26. The SMILES string of the molecule is Cc1ccc(NN=CCCl)cc1. The molecule has 0 unspecified atom stereocenters. The second-order valence-electron chi connectivity index (χ2n) is 2.44. The molecule has 1 aromatic carbocycles. The van der Waals surface area contributed by atoms with E-state index < -0.39 is 0 Å². The summed E-state index contributed by atoms with van der Waals surface area (Å²) in [7, 11) is 0. The smallest absolute Gasteiger partial charge is 0.0595 e. The Kier molecular flexibility index (Phi) is 3.61. The van der Waals surface area contributed by atoms with E-state index in [9.17, 15) is 0 Å². The predicted molar refractivity (Wildman–Crippen MR) is 54.0 cm³/mol. The Balaban J connectivity index is 2.53. The summed E-state index contributed by atoms with van der Waals surface area (Å²) >= 11 is 5.40. The number of rotatable bonds is 3. The molecule has 0 aliphatic heterocycles. The van der Waals surface area contributed by atoms with Gasteiger partial charge in [0.2, 0.25) is 0 Å². The Labute approximate surface area is 77.2 Å². The highest BCUT2D eigenvalue weighted by Crippen LogP contribution is 2.07. The van der Waals surface area contributed by atoms with Crippen molar-refractivity contribution in [3.8, 4) is 0 Å². The molecule has 64 valence electrons. The molecule has 1 rings (SSSR count). The van der Waals surface area contributed by atoms with Crippen molar-refractivity contribution >= 4 is 23.5 Å². The van der Waals surface area contributed by atoms with E-state index in [2.05, 4.69) is 10.5 Å². The summed E-state index contributed by atoms with van der Waals surface area (Å²) in [6, 6.07) is 8.00. The summed E-state index contributed by atoms with van der Waals surface area (Å²) in [6.45, 7) is 2.05. The largest absolute Gasteiger partial charge is 0.279 e. The molecular weight excluding hydrogens is 172 g/mol.